The molecular formula is C17H17BrF3NS. The summed E-state index contributed by atoms with van der Waals surface area (Å²) < 4.78 is 38.4. The Labute approximate surface area is 146 Å². The van der Waals surface area contributed by atoms with Gasteiger partial charge in [0.2, 0.25) is 0 Å². The second-order valence-electron chi connectivity index (χ2n) is 6.03. The van der Waals surface area contributed by atoms with Crippen LogP contribution in [0.25, 0.3) is 10.9 Å². The molecule has 0 saturated heterocycles. The predicted molar refractivity (Wildman–Crippen MR) is 92.1 cm³/mol. The molecule has 1 nitrogen and oxygen atoms in total. The summed E-state index contributed by atoms with van der Waals surface area (Å²) in [6.07, 6.45) is 1.04. The number of benzene rings is 1. The molecule has 1 aliphatic rings. The molecule has 1 heterocycles. The van der Waals surface area contributed by atoms with Crippen LogP contribution in [0.3, 0.4) is 0 Å². The maximum Gasteiger partial charge on any atom is 0.416 e. The van der Waals surface area contributed by atoms with Gasteiger partial charge in [0.1, 0.15) is 0 Å². The van der Waals surface area contributed by atoms with Crippen molar-refractivity contribution >= 4 is 38.6 Å². The first-order chi connectivity index (χ1) is 11.0. The molecule has 0 radical (unpaired) electrons. The van der Waals surface area contributed by atoms with Crippen molar-refractivity contribution in [2.75, 3.05) is 11.1 Å². The van der Waals surface area contributed by atoms with Crippen LogP contribution in [-0.4, -0.2) is 16.1 Å². The van der Waals surface area contributed by atoms with Crippen molar-refractivity contribution in [3.63, 3.8) is 0 Å². The molecule has 6 heteroatoms. The summed E-state index contributed by atoms with van der Waals surface area (Å²) in [7, 11) is 0. The van der Waals surface area contributed by atoms with E-state index in [2.05, 4.69) is 20.9 Å². The van der Waals surface area contributed by atoms with E-state index in [9.17, 15) is 13.2 Å². The fourth-order valence-corrected chi connectivity index (χ4v) is 4.85. The van der Waals surface area contributed by atoms with E-state index in [1.165, 1.54) is 19.3 Å². The van der Waals surface area contributed by atoms with Crippen molar-refractivity contribution in [3.8, 4) is 0 Å². The van der Waals surface area contributed by atoms with Crippen molar-refractivity contribution in [1.82, 2.24) is 4.98 Å². The number of nitrogens with zero attached hydrogens (tertiary/aromatic N) is 1. The lowest BCUT2D eigenvalue weighted by Crippen LogP contribution is -2.25. The Morgan fingerprint density at radius 3 is 2.65 bits per heavy atom. The molecule has 1 aliphatic carbocycles. The first-order valence-corrected chi connectivity index (χ1v) is 9.73. The van der Waals surface area contributed by atoms with Crippen molar-refractivity contribution in [1.29, 1.82) is 0 Å². The van der Waals surface area contributed by atoms with Crippen LogP contribution in [0, 0.1) is 11.8 Å². The van der Waals surface area contributed by atoms with Gasteiger partial charge in [-0.2, -0.15) is 13.2 Å². The summed E-state index contributed by atoms with van der Waals surface area (Å²) in [4.78, 5) is 5.12. The number of thioether (sulfide) groups is 1. The normalized spacial score (nSPS) is 21.4. The second kappa shape index (κ2) is 7.01. The van der Waals surface area contributed by atoms with E-state index in [1.807, 2.05) is 6.07 Å². The Bertz CT molecular complexity index is 683. The maximum absolute atomic E-state index is 12.8. The minimum absolute atomic E-state index is 0.413. The Balaban J connectivity index is 1.70. The fraction of sp³-hybridized carbons (Fsp3) is 0.471. The number of fused-ring (bicyclic) bond motifs is 1. The van der Waals surface area contributed by atoms with Gasteiger partial charge in [-0.05, 0) is 49.3 Å². The Morgan fingerprint density at radius 1 is 1.17 bits per heavy atom. The quantitative estimate of drug-likeness (QED) is 0.438. The van der Waals surface area contributed by atoms with Crippen molar-refractivity contribution in [3.05, 3.63) is 36.0 Å². The Kier molecular flexibility index (Phi) is 5.21. The van der Waals surface area contributed by atoms with Crippen molar-refractivity contribution in [2.45, 2.75) is 30.3 Å². The van der Waals surface area contributed by atoms with E-state index in [-0.39, 0.29) is 0 Å². The summed E-state index contributed by atoms with van der Waals surface area (Å²) >= 11 is 5.21. The number of pyridine rings is 1. The van der Waals surface area contributed by atoms with Gasteiger partial charge in [-0.25, -0.2) is 0 Å². The van der Waals surface area contributed by atoms with Gasteiger partial charge < -0.3 is 0 Å². The first-order valence-electron chi connectivity index (χ1n) is 7.62. The third-order valence-corrected chi connectivity index (χ3v) is 6.12. The molecule has 0 N–H and O–H groups in total. The fourth-order valence-electron chi connectivity index (χ4n) is 3.03. The van der Waals surface area contributed by atoms with Crippen LogP contribution in [0.4, 0.5) is 13.2 Å². The molecule has 0 bridgehead atoms. The summed E-state index contributed by atoms with van der Waals surface area (Å²) in [6, 6.07) is 5.72. The Hall–Kier alpha value is -0.750. The highest BCUT2D eigenvalue weighted by atomic mass is 79.9. The monoisotopic (exact) mass is 403 g/mol. The molecule has 124 valence electrons. The molecular weight excluding hydrogens is 387 g/mol. The highest BCUT2D eigenvalue weighted by Gasteiger charge is 2.31. The van der Waals surface area contributed by atoms with Crippen LogP contribution in [0.5, 0.6) is 0 Å². The molecule has 2 aromatic rings. The van der Waals surface area contributed by atoms with E-state index >= 15 is 0 Å². The van der Waals surface area contributed by atoms with Gasteiger partial charge in [-0.1, -0.05) is 22.0 Å². The lowest BCUT2D eigenvalue weighted by molar-refractivity contribution is -0.137. The Morgan fingerprint density at radius 2 is 1.96 bits per heavy atom. The average molecular weight is 404 g/mol. The maximum atomic E-state index is 12.8. The van der Waals surface area contributed by atoms with Gasteiger partial charge in [0.05, 0.1) is 11.1 Å². The molecule has 23 heavy (non-hydrogen) atoms. The molecule has 1 aromatic heterocycles. The van der Waals surface area contributed by atoms with Gasteiger partial charge in [-0.3, -0.25) is 4.98 Å². The smallest absolute Gasteiger partial charge is 0.256 e. The number of hydrogen-bond donors (Lipinski definition) is 0. The minimum atomic E-state index is -4.32. The zero-order chi connectivity index (χ0) is 16.4. The van der Waals surface area contributed by atoms with Gasteiger partial charge in [0, 0.05) is 27.6 Å². The van der Waals surface area contributed by atoms with E-state index < -0.39 is 11.7 Å². The van der Waals surface area contributed by atoms with Crippen molar-refractivity contribution in [2.24, 2.45) is 11.8 Å². The van der Waals surface area contributed by atoms with Crippen LogP contribution in [0.15, 0.2) is 35.4 Å². The van der Waals surface area contributed by atoms with Crippen molar-refractivity contribution < 1.29 is 13.2 Å². The van der Waals surface area contributed by atoms with Gasteiger partial charge in [0.15, 0.2) is 0 Å². The van der Waals surface area contributed by atoms with Crippen LogP contribution >= 0.6 is 27.7 Å². The highest BCUT2D eigenvalue weighted by Crippen LogP contribution is 2.41. The number of halogens is 4. The zero-order valence-electron chi connectivity index (χ0n) is 12.4. The number of rotatable bonds is 5. The predicted octanol–water partition coefficient (Wildman–Crippen LogP) is 6.16. The summed E-state index contributed by atoms with van der Waals surface area (Å²) in [6.45, 7) is 0. The lowest BCUT2D eigenvalue weighted by atomic mass is 9.75. The van der Waals surface area contributed by atoms with Crippen LogP contribution in [0.2, 0.25) is 0 Å². The van der Waals surface area contributed by atoms with E-state index in [1.54, 1.807) is 24.0 Å². The molecule has 0 atom stereocenters. The molecule has 0 aliphatic heterocycles. The zero-order valence-corrected chi connectivity index (χ0v) is 14.8. The molecule has 0 amide bonds. The van der Waals surface area contributed by atoms with E-state index in [4.69, 9.17) is 0 Å². The summed E-state index contributed by atoms with van der Waals surface area (Å²) in [5.74, 6) is 2.59. The van der Waals surface area contributed by atoms with Crippen LogP contribution in [0.1, 0.15) is 24.8 Å². The van der Waals surface area contributed by atoms with Gasteiger partial charge in [-0.15, -0.1) is 11.8 Å². The van der Waals surface area contributed by atoms with Crippen LogP contribution in [-0.2, 0) is 6.18 Å². The van der Waals surface area contributed by atoms with Gasteiger partial charge in [0.25, 0.3) is 0 Å². The summed E-state index contributed by atoms with van der Waals surface area (Å²) in [5.41, 5.74) is -0.230. The third kappa shape index (κ3) is 4.02. The highest BCUT2D eigenvalue weighted by molar-refractivity contribution is 9.09. The molecule has 0 unspecified atom stereocenters. The average Bonchev–Trinajstić information content (AvgIpc) is 2.48. The number of alkyl halides is 4. The number of hydrogen-bond acceptors (Lipinski definition) is 2. The number of aromatic nitrogens is 1. The topological polar surface area (TPSA) is 12.9 Å². The van der Waals surface area contributed by atoms with Gasteiger partial charge >= 0.3 is 6.18 Å². The first kappa shape index (κ1) is 17.1. The molecule has 1 aromatic carbocycles. The largest absolute Gasteiger partial charge is 0.416 e. The molecule has 3 rings (SSSR count). The minimum Gasteiger partial charge on any atom is -0.256 e. The molecule has 1 saturated carbocycles. The van der Waals surface area contributed by atoms with E-state index in [0.29, 0.717) is 5.52 Å². The lowest BCUT2D eigenvalue weighted by Gasteiger charge is -2.35. The second-order valence-corrected chi connectivity index (χ2v) is 7.89. The third-order valence-electron chi connectivity index (χ3n) is 4.36. The molecule has 1 fully saturated rings. The summed E-state index contributed by atoms with van der Waals surface area (Å²) in [5, 5.41) is 1.87. The standard InChI is InChI=1S/C17H17BrF3NS/c18-5-3-11-7-12(8-11)10-23-16-4-6-22-15-9-13(17(19,20)21)1-2-14(15)16/h1-2,4,6,9,11-12H,3,5,7-8,10H2. The SMILES string of the molecule is FC(F)(F)c1ccc2c(SCC3CC(CCBr)C3)ccnc2c1. The van der Waals surface area contributed by atoms with Crippen LogP contribution < -0.4 is 0 Å². The van der Waals surface area contributed by atoms with E-state index in [0.717, 1.165) is 45.3 Å². The molecule has 0 spiro atoms.